The molecule has 2 aromatic rings. The number of halogens is 1. The summed E-state index contributed by atoms with van der Waals surface area (Å²) in [7, 11) is 0. The smallest absolute Gasteiger partial charge is 0.225 e. The molecule has 1 N–H and O–H groups in total. The summed E-state index contributed by atoms with van der Waals surface area (Å²) in [5, 5.41) is 4.07. The van der Waals surface area contributed by atoms with Gasteiger partial charge in [-0.15, -0.1) is 0 Å². The highest BCUT2D eigenvalue weighted by Crippen LogP contribution is 2.24. The maximum atomic E-state index is 6.10. The largest absolute Gasteiger partial charge is 0.493 e. The third-order valence-corrected chi connectivity index (χ3v) is 4.71. The van der Waals surface area contributed by atoms with Crippen molar-refractivity contribution < 1.29 is 4.74 Å². The molecule has 7 nitrogen and oxygen atoms in total. The van der Waals surface area contributed by atoms with Crippen LogP contribution in [0.4, 0.5) is 5.95 Å². The number of hydrogen-bond acceptors (Lipinski definition) is 5. The molecule has 1 saturated heterocycles. The van der Waals surface area contributed by atoms with Gasteiger partial charge in [-0.1, -0.05) is 17.7 Å². The third-order valence-electron chi connectivity index (χ3n) is 4.48. The highest BCUT2D eigenvalue weighted by molar-refractivity contribution is 6.30. The lowest BCUT2D eigenvalue weighted by molar-refractivity contribution is 0.336. The molecule has 1 aliphatic rings. The lowest BCUT2D eigenvalue weighted by Crippen LogP contribution is -2.52. The van der Waals surface area contributed by atoms with Gasteiger partial charge >= 0.3 is 0 Å². The molecule has 3 rings (SSSR count). The van der Waals surface area contributed by atoms with Gasteiger partial charge in [0, 0.05) is 55.7 Å². The van der Waals surface area contributed by atoms with Crippen LogP contribution in [0.3, 0.4) is 0 Å². The zero-order chi connectivity index (χ0) is 19.8. The van der Waals surface area contributed by atoms with Gasteiger partial charge in [-0.3, -0.25) is 0 Å². The van der Waals surface area contributed by atoms with Gasteiger partial charge in [0.15, 0.2) is 5.96 Å². The Balaban J connectivity index is 1.67. The molecule has 1 aliphatic heterocycles. The highest BCUT2D eigenvalue weighted by Gasteiger charge is 2.21. The molecule has 0 amide bonds. The molecule has 1 aromatic heterocycles. The Morgan fingerprint density at radius 1 is 1.18 bits per heavy atom. The second kappa shape index (κ2) is 10.1. The third kappa shape index (κ3) is 5.25. The van der Waals surface area contributed by atoms with Crippen LogP contribution in [-0.2, 0) is 6.54 Å². The zero-order valence-corrected chi connectivity index (χ0v) is 17.2. The molecule has 8 heteroatoms. The summed E-state index contributed by atoms with van der Waals surface area (Å²) in [5.41, 5.74) is 1.03. The molecule has 1 aromatic carbocycles. The number of aliphatic imine (C=N–C) groups is 1. The first kappa shape index (κ1) is 20.2. The van der Waals surface area contributed by atoms with Crippen molar-refractivity contribution in [3.63, 3.8) is 0 Å². The Morgan fingerprint density at radius 3 is 2.61 bits per heavy atom. The van der Waals surface area contributed by atoms with Gasteiger partial charge < -0.3 is 19.9 Å². The lowest BCUT2D eigenvalue weighted by atomic mass is 10.2. The van der Waals surface area contributed by atoms with E-state index in [1.54, 1.807) is 12.4 Å². The van der Waals surface area contributed by atoms with E-state index < -0.39 is 0 Å². The predicted octanol–water partition coefficient (Wildman–Crippen LogP) is 2.82. The van der Waals surface area contributed by atoms with Crippen molar-refractivity contribution in [2.75, 3.05) is 44.2 Å². The minimum Gasteiger partial charge on any atom is -0.493 e. The Hall–Kier alpha value is -2.54. The van der Waals surface area contributed by atoms with Gasteiger partial charge in [-0.25, -0.2) is 15.0 Å². The normalized spacial score (nSPS) is 14.9. The standard InChI is InChI=1S/C20H27ClN6O/c1-3-22-19(25-15-16-6-7-17(21)14-18(16)28-4-2)26-10-12-27(13-11-26)20-23-8-5-9-24-20/h5-9,14H,3-4,10-13,15H2,1-2H3,(H,22,25). The molecule has 1 fully saturated rings. The summed E-state index contributed by atoms with van der Waals surface area (Å²) in [4.78, 5) is 18.0. The van der Waals surface area contributed by atoms with Gasteiger partial charge in [0.2, 0.25) is 5.95 Å². The van der Waals surface area contributed by atoms with Gasteiger partial charge in [-0.05, 0) is 32.0 Å². The molecule has 0 unspecified atom stereocenters. The number of ether oxygens (including phenoxy) is 1. The number of piperazine rings is 1. The fourth-order valence-corrected chi connectivity index (χ4v) is 3.27. The van der Waals surface area contributed by atoms with E-state index in [0.717, 1.165) is 55.9 Å². The fourth-order valence-electron chi connectivity index (χ4n) is 3.11. The first-order valence-corrected chi connectivity index (χ1v) is 10.1. The lowest BCUT2D eigenvalue weighted by Gasteiger charge is -2.36. The minimum absolute atomic E-state index is 0.539. The van der Waals surface area contributed by atoms with E-state index in [1.165, 1.54) is 0 Å². The molecular weight excluding hydrogens is 376 g/mol. The molecule has 0 radical (unpaired) electrons. The van der Waals surface area contributed by atoms with E-state index in [9.17, 15) is 0 Å². The van der Waals surface area contributed by atoms with Crippen molar-refractivity contribution in [1.82, 2.24) is 20.2 Å². The SMILES string of the molecule is CCNC(=NCc1ccc(Cl)cc1OCC)N1CCN(c2ncccn2)CC1. The number of hydrogen-bond donors (Lipinski definition) is 1. The van der Waals surface area contributed by atoms with Crippen molar-refractivity contribution in [2.24, 2.45) is 4.99 Å². The number of nitrogens with zero attached hydrogens (tertiary/aromatic N) is 5. The number of aromatic nitrogens is 2. The van der Waals surface area contributed by atoms with Gasteiger partial charge in [0.1, 0.15) is 5.75 Å². The van der Waals surface area contributed by atoms with Crippen molar-refractivity contribution in [1.29, 1.82) is 0 Å². The fraction of sp³-hybridized carbons (Fsp3) is 0.450. The van der Waals surface area contributed by atoms with Crippen LogP contribution in [0.15, 0.2) is 41.7 Å². The number of nitrogens with one attached hydrogen (secondary N) is 1. The monoisotopic (exact) mass is 402 g/mol. The molecule has 2 heterocycles. The van der Waals surface area contributed by atoms with Gasteiger partial charge in [-0.2, -0.15) is 0 Å². The van der Waals surface area contributed by atoms with E-state index in [2.05, 4.69) is 32.0 Å². The van der Waals surface area contributed by atoms with Crippen molar-refractivity contribution >= 4 is 23.5 Å². The van der Waals surface area contributed by atoms with Crippen molar-refractivity contribution in [3.05, 3.63) is 47.2 Å². The summed E-state index contributed by atoms with van der Waals surface area (Å²) in [6.45, 7) is 9.45. The van der Waals surface area contributed by atoms with E-state index in [0.29, 0.717) is 18.2 Å². The summed E-state index contributed by atoms with van der Waals surface area (Å²) in [6.07, 6.45) is 3.56. The molecular formula is C20H27ClN6O. The number of anilines is 1. The summed E-state index contributed by atoms with van der Waals surface area (Å²) in [5.74, 6) is 2.49. The van der Waals surface area contributed by atoms with Crippen LogP contribution in [-0.4, -0.2) is 60.2 Å². The van der Waals surface area contributed by atoms with Crippen molar-refractivity contribution in [3.8, 4) is 5.75 Å². The van der Waals surface area contributed by atoms with Crippen LogP contribution in [0.2, 0.25) is 5.02 Å². The number of guanidine groups is 1. The van der Waals surface area contributed by atoms with E-state index in [4.69, 9.17) is 21.3 Å². The van der Waals surface area contributed by atoms with E-state index in [-0.39, 0.29) is 0 Å². The average Bonchev–Trinajstić information content (AvgIpc) is 2.73. The maximum Gasteiger partial charge on any atom is 0.225 e. The Kier molecular flexibility index (Phi) is 7.31. The average molecular weight is 403 g/mol. The topological polar surface area (TPSA) is 65.9 Å². The van der Waals surface area contributed by atoms with Gasteiger partial charge in [0.25, 0.3) is 0 Å². The second-order valence-electron chi connectivity index (χ2n) is 6.38. The van der Waals surface area contributed by atoms with Gasteiger partial charge in [0.05, 0.1) is 13.2 Å². The number of rotatable bonds is 6. The second-order valence-corrected chi connectivity index (χ2v) is 6.81. The quantitative estimate of drug-likeness (QED) is 0.592. The Morgan fingerprint density at radius 2 is 1.93 bits per heavy atom. The molecule has 0 atom stereocenters. The summed E-state index contributed by atoms with van der Waals surface area (Å²) in [6, 6.07) is 7.54. The molecule has 28 heavy (non-hydrogen) atoms. The van der Waals surface area contributed by atoms with Crippen LogP contribution >= 0.6 is 11.6 Å². The van der Waals surface area contributed by atoms with E-state index in [1.807, 2.05) is 31.2 Å². The van der Waals surface area contributed by atoms with Crippen LogP contribution in [0.5, 0.6) is 5.75 Å². The molecule has 0 saturated carbocycles. The molecule has 0 spiro atoms. The van der Waals surface area contributed by atoms with Crippen molar-refractivity contribution in [2.45, 2.75) is 20.4 Å². The molecule has 150 valence electrons. The highest BCUT2D eigenvalue weighted by atomic mass is 35.5. The van der Waals surface area contributed by atoms with Crippen LogP contribution in [0.1, 0.15) is 19.4 Å². The van der Waals surface area contributed by atoms with Crippen LogP contribution in [0.25, 0.3) is 0 Å². The molecule has 0 bridgehead atoms. The van der Waals surface area contributed by atoms with Crippen LogP contribution in [0, 0.1) is 0 Å². The summed E-state index contributed by atoms with van der Waals surface area (Å²) >= 11 is 6.10. The number of benzene rings is 1. The van der Waals surface area contributed by atoms with Crippen LogP contribution < -0.4 is 15.0 Å². The summed E-state index contributed by atoms with van der Waals surface area (Å²) < 4.78 is 5.71. The Labute approximate surface area is 171 Å². The maximum absolute atomic E-state index is 6.10. The first-order chi connectivity index (χ1) is 13.7. The first-order valence-electron chi connectivity index (χ1n) is 9.67. The minimum atomic E-state index is 0.539. The zero-order valence-electron chi connectivity index (χ0n) is 16.4. The van der Waals surface area contributed by atoms with E-state index >= 15 is 0 Å². The Bertz CT molecular complexity index is 778. The molecule has 0 aliphatic carbocycles. The predicted molar refractivity (Wildman–Crippen MR) is 113 cm³/mol.